The van der Waals surface area contributed by atoms with Gasteiger partial charge >= 0.3 is 0 Å². The molecule has 0 spiro atoms. The number of hydrogen-bond acceptors (Lipinski definition) is 2. The van der Waals surface area contributed by atoms with E-state index in [1.54, 1.807) is 6.07 Å². The van der Waals surface area contributed by atoms with Crippen LogP contribution in [-0.4, -0.2) is 5.16 Å². The van der Waals surface area contributed by atoms with Gasteiger partial charge in [0.25, 0.3) is 0 Å². The Hall–Kier alpha value is -2.75. The van der Waals surface area contributed by atoms with Gasteiger partial charge in [0.15, 0.2) is 11.6 Å². The van der Waals surface area contributed by atoms with Crippen molar-refractivity contribution in [2.45, 2.75) is 6.92 Å². The highest BCUT2D eigenvalue weighted by Crippen LogP contribution is 2.32. The zero-order valence-electron chi connectivity index (χ0n) is 13.2. The minimum Gasteiger partial charge on any atom is -0.206 e. The average Bonchev–Trinajstić information content (AvgIpc) is 2.58. The maximum atomic E-state index is 14.5. The highest BCUT2D eigenvalue weighted by atomic mass is 32.1. The van der Waals surface area contributed by atoms with Crippen LogP contribution in [-0.2, 0) is 0 Å². The topological polar surface area (TPSA) is 12.4 Å². The summed E-state index contributed by atoms with van der Waals surface area (Å²) < 4.78 is 42.4. The number of halogens is 3. The first kappa shape index (κ1) is 17.1. The zero-order valence-corrected chi connectivity index (χ0v) is 14.0. The van der Waals surface area contributed by atoms with E-state index >= 15 is 0 Å². The fraction of sp³-hybridized carbons (Fsp3) is 0.0500. The molecule has 0 atom stereocenters. The lowest BCUT2D eigenvalue weighted by atomic mass is 9.98. The number of isothiocyanates is 1. The predicted octanol–water partition coefficient (Wildman–Crippen LogP) is 6.48. The molecule has 0 aromatic heterocycles. The molecule has 0 amide bonds. The van der Waals surface area contributed by atoms with E-state index in [9.17, 15) is 13.2 Å². The molecule has 5 heteroatoms. The highest BCUT2D eigenvalue weighted by Gasteiger charge is 2.14. The number of benzene rings is 3. The molecule has 0 aliphatic rings. The molecule has 124 valence electrons. The summed E-state index contributed by atoms with van der Waals surface area (Å²) in [5.41, 5.74) is 2.31. The third-order valence-corrected chi connectivity index (χ3v) is 3.93. The van der Waals surface area contributed by atoms with E-state index in [4.69, 9.17) is 0 Å². The molecule has 3 aromatic carbocycles. The number of hydrogen-bond donors (Lipinski definition) is 0. The molecule has 0 saturated heterocycles. The molecule has 3 rings (SSSR count). The summed E-state index contributed by atoms with van der Waals surface area (Å²) in [5, 5.41) is 1.92. The smallest absolute Gasteiger partial charge is 0.153 e. The Bertz CT molecular complexity index is 967. The quantitative estimate of drug-likeness (QED) is 0.387. The maximum absolute atomic E-state index is 14.5. The van der Waals surface area contributed by atoms with Crippen molar-refractivity contribution in [3.63, 3.8) is 0 Å². The Kier molecular flexibility index (Phi) is 4.79. The van der Waals surface area contributed by atoms with Gasteiger partial charge in [-0.1, -0.05) is 42.0 Å². The Labute approximate surface area is 148 Å². The van der Waals surface area contributed by atoms with Gasteiger partial charge in [-0.3, -0.25) is 0 Å². The summed E-state index contributed by atoms with van der Waals surface area (Å²) in [6.07, 6.45) is 0. The number of aliphatic imine (C=N–C) groups is 1. The first-order valence-electron chi connectivity index (χ1n) is 7.43. The Morgan fingerprint density at radius 3 is 1.88 bits per heavy atom. The van der Waals surface area contributed by atoms with E-state index in [0.29, 0.717) is 5.56 Å². The van der Waals surface area contributed by atoms with E-state index in [0.717, 1.165) is 23.3 Å². The fourth-order valence-electron chi connectivity index (χ4n) is 2.55. The van der Waals surface area contributed by atoms with Crippen LogP contribution in [0.1, 0.15) is 5.56 Å². The monoisotopic (exact) mass is 355 g/mol. The van der Waals surface area contributed by atoms with Gasteiger partial charge in [-0.2, -0.15) is 4.99 Å². The van der Waals surface area contributed by atoms with Crippen molar-refractivity contribution in [3.8, 4) is 22.3 Å². The van der Waals surface area contributed by atoms with Crippen molar-refractivity contribution < 1.29 is 13.2 Å². The zero-order chi connectivity index (χ0) is 18.0. The summed E-state index contributed by atoms with van der Waals surface area (Å²) in [6.45, 7) is 1.97. The number of thiocarbonyl (C=S) groups is 1. The van der Waals surface area contributed by atoms with Gasteiger partial charge in [-0.15, -0.1) is 0 Å². The number of aryl methyl sites for hydroxylation is 1. The fourth-order valence-corrected chi connectivity index (χ4v) is 2.64. The summed E-state index contributed by atoms with van der Waals surface area (Å²) >= 11 is 4.36. The predicted molar refractivity (Wildman–Crippen MR) is 96.6 cm³/mol. The first-order valence-corrected chi connectivity index (χ1v) is 7.84. The molecule has 0 aliphatic heterocycles. The average molecular weight is 355 g/mol. The molecule has 0 aliphatic carbocycles. The summed E-state index contributed by atoms with van der Waals surface area (Å²) in [4.78, 5) is 3.34. The van der Waals surface area contributed by atoms with Crippen LogP contribution in [0.2, 0.25) is 0 Å². The molecule has 1 nitrogen and oxygen atoms in total. The van der Waals surface area contributed by atoms with Crippen molar-refractivity contribution in [1.82, 2.24) is 0 Å². The molecule has 0 radical (unpaired) electrons. The standard InChI is InChI=1S/C20H12F3NS/c1-12-2-4-13(5-3-12)14-6-7-16(17(21)8-14)15-9-18(22)20(24-11-25)19(23)10-15/h2-10H,1H3. The summed E-state index contributed by atoms with van der Waals surface area (Å²) in [6, 6.07) is 14.3. The van der Waals surface area contributed by atoms with Crippen molar-refractivity contribution in [2.75, 3.05) is 0 Å². The highest BCUT2D eigenvalue weighted by molar-refractivity contribution is 7.78. The van der Waals surface area contributed by atoms with Crippen LogP contribution in [0.5, 0.6) is 0 Å². The van der Waals surface area contributed by atoms with Crippen LogP contribution in [0, 0.1) is 24.4 Å². The summed E-state index contributed by atoms with van der Waals surface area (Å²) in [5.74, 6) is -2.41. The molecule has 0 heterocycles. The number of nitrogens with zero attached hydrogens (tertiary/aromatic N) is 1. The molecule has 0 fully saturated rings. The van der Waals surface area contributed by atoms with Crippen LogP contribution in [0.15, 0.2) is 59.6 Å². The molecule has 3 aromatic rings. The maximum Gasteiger partial charge on any atom is 0.153 e. The lowest BCUT2D eigenvalue weighted by Gasteiger charge is -2.09. The minimum absolute atomic E-state index is 0.0891. The second-order valence-electron chi connectivity index (χ2n) is 5.55. The van der Waals surface area contributed by atoms with Crippen LogP contribution >= 0.6 is 12.2 Å². The third kappa shape index (κ3) is 3.53. The van der Waals surface area contributed by atoms with Crippen LogP contribution in [0.3, 0.4) is 0 Å². The molecule has 0 bridgehead atoms. The van der Waals surface area contributed by atoms with Crippen molar-refractivity contribution in [2.24, 2.45) is 4.99 Å². The molecular weight excluding hydrogens is 343 g/mol. The van der Waals surface area contributed by atoms with Crippen LogP contribution in [0.4, 0.5) is 18.9 Å². The van der Waals surface area contributed by atoms with Crippen molar-refractivity contribution >= 4 is 23.1 Å². The van der Waals surface area contributed by atoms with E-state index in [1.807, 2.05) is 36.4 Å². The number of rotatable bonds is 3. The lowest BCUT2D eigenvalue weighted by Crippen LogP contribution is -1.90. The van der Waals surface area contributed by atoms with Crippen LogP contribution in [0.25, 0.3) is 22.3 Å². The van der Waals surface area contributed by atoms with Gasteiger partial charge in [-0.25, -0.2) is 13.2 Å². The normalized spacial score (nSPS) is 10.4. The second-order valence-corrected chi connectivity index (χ2v) is 5.73. The van der Waals surface area contributed by atoms with Gasteiger partial charge in [0.1, 0.15) is 11.5 Å². The van der Waals surface area contributed by atoms with Crippen molar-refractivity contribution in [3.05, 3.63) is 77.6 Å². The second kappa shape index (κ2) is 7.01. The van der Waals surface area contributed by atoms with Gasteiger partial charge in [0.05, 0.1) is 5.16 Å². The Morgan fingerprint density at radius 2 is 1.32 bits per heavy atom. The molecule has 0 unspecified atom stereocenters. The van der Waals surface area contributed by atoms with Gasteiger partial charge < -0.3 is 0 Å². The van der Waals surface area contributed by atoms with Crippen LogP contribution < -0.4 is 0 Å². The van der Waals surface area contributed by atoms with E-state index < -0.39 is 23.1 Å². The van der Waals surface area contributed by atoms with Gasteiger partial charge in [0.2, 0.25) is 0 Å². The molecule has 0 N–H and O–H groups in total. The van der Waals surface area contributed by atoms with Gasteiger partial charge in [-0.05, 0) is 54.0 Å². The molecular formula is C20H12F3NS. The molecule has 25 heavy (non-hydrogen) atoms. The van der Waals surface area contributed by atoms with E-state index in [2.05, 4.69) is 17.2 Å². The third-order valence-electron chi connectivity index (χ3n) is 3.84. The summed E-state index contributed by atoms with van der Waals surface area (Å²) in [7, 11) is 0. The minimum atomic E-state index is -0.922. The van der Waals surface area contributed by atoms with E-state index in [-0.39, 0.29) is 11.1 Å². The molecule has 0 saturated carbocycles. The SMILES string of the molecule is Cc1ccc(-c2ccc(-c3cc(F)c(N=C=S)c(F)c3)c(F)c2)cc1. The Balaban J connectivity index is 2.04. The largest absolute Gasteiger partial charge is 0.206 e. The van der Waals surface area contributed by atoms with E-state index in [1.165, 1.54) is 12.1 Å². The first-order chi connectivity index (χ1) is 12.0. The lowest BCUT2D eigenvalue weighted by molar-refractivity contribution is 0.588. The van der Waals surface area contributed by atoms with Gasteiger partial charge in [0, 0.05) is 5.56 Å². The Morgan fingerprint density at radius 1 is 0.760 bits per heavy atom. The van der Waals surface area contributed by atoms with Crippen molar-refractivity contribution in [1.29, 1.82) is 0 Å².